The summed E-state index contributed by atoms with van der Waals surface area (Å²) in [5.74, 6) is 0. The summed E-state index contributed by atoms with van der Waals surface area (Å²) in [6.07, 6.45) is 9.77. The van der Waals surface area contributed by atoms with Crippen LogP contribution in [0.3, 0.4) is 0 Å². The highest BCUT2D eigenvalue weighted by Gasteiger charge is 2.18. The van der Waals surface area contributed by atoms with E-state index < -0.39 is 0 Å². The van der Waals surface area contributed by atoms with Crippen LogP contribution < -0.4 is 0 Å². The van der Waals surface area contributed by atoms with Gasteiger partial charge in [0.1, 0.15) is 0 Å². The molecule has 0 radical (unpaired) electrons. The third kappa shape index (κ3) is 4.79. The van der Waals surface area contributed by atoms with E-state index in [2.05, 4.69) is 27.7 Å². The zero-order valence-corrected chi connectivity index (χ0v) is 9.45. The molecule has 0 N–H and O–H groups in total. The van der Waals surface area contributed by atoms with Crippen LogP contribution in [0, 0.1) is 5.41 Å². The van der Waals surface area contributed by atoms with Gasteiger partial charge in [0.15, 0.2) is 0 Å². The lowest BCUT2D eigenvalue weighted by atomic mass is 9.80. The van der Waals surface area contributed by atoms with Crippen molar-refractivity contribution >= 4 is 0 Å². The molecule has 0 heteroatoms. The molecule has 0 aromatic rings. The van der Waals surface area contributed by atoms with Crippen molar-refractivity contribution in [1.82, 2.24) is 0 Å². The standard InChI is InChI=1S/C12H26/c1-5-8-9-10-11-12(4,6-2)7-3/h5-11H2,1-4H3. The van der Waals surface area contributed by atoms with Crippen LogP contribution in [-0.2, 0) is 0 Å². The third-order valence-electron chi connectivity index (χ3n) is 3.34. The maximum Gasteiger partial charge on any atom is -0.0331 e. The Balaban J connectivity index is 3.45. The van der Waals surface area contributed by atoms with Gasteiger partial charge in [0.05, 0.1) is 0 Å². The van der Waals surface area contributed by atoms with E-state index in [1.165, 1.54) is 44.9 Å². The van der Waals surface area contributed by atoms with Crippen molar-refractivity contribution in [1.29, 1.82) is 0 Å². The largest absolute Gasteiger partial charge is 0.0654 e. The lowest BCUT2D eigenvalue weighted by molar-refractivity contribution is 0.262. The van der Waals surface area contributed by atoms with E-state index in [0.29, 0.717) is 5.41 Å². The Hall–Kier alpha value is 0. The molecular weight excluding hydrogens is 144 g/mol. The van der Waals surface area contributed by atoms with Gasteiger partial charge in [-0.2, -0.15) is 0 Å². The molecule has 0 aliphatic carbocycles. The topological polar surface area (TPSA) is 0 Å². The van der Waals surface area contributed by atoms with Crippen LogP contribution in [-0.4, -0.2) is 0 Å². The first kappa shape index (κ1) is 12.0. The van der Waals surface area contributed by atoms with Crippen LogP contribution in [0.15, 0.2) is 0 Å². The Kier molecular flexibility index (Phi) is 6.51. The van der Waals surface area contributed by atoms with Gasteiger partial charge in [0.25, 0.3) is 0 Å². The van der Waals surface area contributed by atoms with Crippen LogP contribution in [0.2, 0.25) is 0 Å². The Morgan fingerprint density at radius 2 is 1.42 bits per heavy atom. The highest BCUT2D eigenvalue weighted by Crippen LogP contribution is 2.31. The van der Waals surface area contributed by atoms with Crippen LogP contribution in [0.5, 0.6) is 0 Å². The molecule has 0 saturated heterocycles. The second-order valence-electron chi connectivity index (χ2n) is 4.33. The van der Waals surface area contributed by atoms with E-state index >= 15 is 0 Å². The van der Waals surface area contributed by atoms with E-state index in [9.17, 15) is 0 Å². The van der Waals surface area contributed by atoms with Gasteiger partial charge in [-0.3, -0.25) is 0 Å². The van der Waals surface area contributed by atoms with Crippen molar-refractivity contribution < 1.29 is 0 Å². The average Bonchev–Trinajstić information content (AvgIpc) is 2.12. The fourth-order valence-electron chi connectivity index (χ4n) is 1.58. The van der Waals surface area contributed by atoms with Gasteiger partial charge in [-0.1, -0.05) is 66.2 Å². The summed E-state index contributed by atoms with van der Waals surface area (Å²) in [6.45, 7) is 9.35. The zero-order chi connectivity index (χ0) is 9.45. The molecule has 0 aromatic heterocycles. The first-order chi connectivity index (χ1) is 5.68. The van der Waals surface area contributed by atoms with Gasteiger partial charge < -0.3 is 0 Å². The minimum atomic E-state index is 0.633. The Bertz CT molecular complexity index is 90.2. The molecule has 0 saturated carbocycles. The van der Waals surface area contributed by atoms with Crippen molar-refractivity contribution in [2.24, 2.45) is 5.41 Å². The average molecular weight is 170 g/mol. The Morgan fingerprint density at radius 1 is 0.833 bits per heavy atom. The summed E-state index contributed by atoms with van der Waals surface area (Å²) in [5.41, 5.74) is 0.633. The van der Waals surface area contributed by atoms with Crippen molar-refractivity contribution in [3.8, 4) is 0 Å². The highest BCUT2D eigenvalue weighted by molar-refractivity contribution is 4.70. The lowest BCUT2D eigenvalue weighted by Gasteiger charge is -2.26. The minimum absolute atomic E-state index is 0.633. The summed E-state index contributed by atoms with van der Waals surface area (Å²) in [6, 6.07) is 0. The van der Waals surface area contributed by atoms with E-state index in [-0.39, 0.29) is 0 Å². The highest BCUT2D eigenvalue weighted by atomic mass is 14.2. The normalized spacial score (nSPS) is 12.0. The predicted molar refractivity (Wildman–Crippen MR) is 57.4 cm³/mol. The third-order valence-corrected chi connectivity index (χ3v) is 3.34. The van der Waals surface area contributed by atoms with Gasteiger partial charge in [0, 0.05) is 0 Å². The van der Waals surface area contributed by atoms with Crippen molar-refractivity contribution in [3.63, 3.8) is 0 Å². The van der Waals surface area contributed by atoms with Crippen molar-refractivity contribution in [2.75, 3.05) is 0 Å². The summed E-state index contributed by atoms with van der Waals surface area (Å²) < 4.78 is 0. The molecule has 0 aromatic carbocycles. The molecule has 0 heterocycles. The molecule has 0 aliphatic rings. The first-order valence-electron chi connectivity index (χ1n) is 5.68. The number of hydrogen-bond acceptors (Lipinski definition) is 0. The second-order valence-corrected chi connectivity index (χ2v) is 4.33. The van der Waals surface area contributed by atoms with Crippen molar-refractivity contribution in [2.45, 2.75) is 72.6 Å². The van der Waals surface area contributed by atoms with Gasteiger partial charge in [0.2, 0.25) is 0 Å². The summed E-state index contributed by atoms with van der Waals surface area (Å²) in [7, 11) is 0. The van der Waals surface area contributed by atoms with Crippen LogP contribution in [0.25, 0.3) is 0 Å². The van der Waals surface area contributed by atoms with Gasteiger partial charge in [-0.15, -0.1) is 0 Å². The molecule has 0 rings (SSSR count). The molecule has 74 valence electrons. The SMILES string of the molecule is CCCCCCC(C)(CC)CC. The smallest absolute Gasteiger partial charge is 0.0331 e. The van der Waals surface area contributed by atoms with E-state index in [4.69, 9.17) is 0 Å². The maximum absolute atomic E-state index is 2.43. The Labute approximate surface area is 78.8 Å². The van der Waals surface area contributed by atoms with Gasteiger partial charge >= 0.3 is 0 Å². The minimum Gasteiger partial charge on any atom is -0.0654 e. The molecule has 0 nitrogen and oxygen atoms in total. The molecule has 0 aliphatic heterocycles. The van der Waals surface area contributed by atoms with Gasteiger partial charge in [-0.05, 0) is 11.8 Å². The predicted octanol–water partition coefficient (Wildman–Crippen LogP) is 4.78. The molecular formula is C12H26. The first-order valence-corrected chi connectivity index (χ1v) is 5.68. The quantitative estimate of drug-likeness (QED) is 0.482. The fourth-order valence-corrected chi connectivity index (χ4v) is 1.58. The lowest BCUT2D eigenvalue weighted by Crippen LogP contribution is -2.13. The van der Waals surface area contributed by atoms with Crippen LogP contribution >= 0.6 is 0 Å². The summed E-state index contributed by atoms with van der Waals surface area (Å²) >= 11 is 0. The van der Waals surface area contributed by atoms with Crippen molar-refractivity contribution in [3.05, 3.63) is 0 Å². The molecule has 0 unspecified atom stereocenters. The summed E-state index contributed by atoms with van der Waals surface area (Å²) in [4.78, 5) is 0. The van der Waals surface area contributed by atoms with Gasteiger partial charge in [-0.25, -0.2) is 0 Å². The zero-order valence-electron chi connectivity index (χ0n) is 9.45. The fraction of sp³-hybridized carbons (Fsp3) is 1.00. The van der Waals surface area contributed by atoms with E-state index in [0.717, 1.165) is 0 Å². The molecule has 0 amide bonds. The monoisotopic (exact) mass is 170 g/mol. The number of unbranched alkanes of at least 4 members (excludes halogenated alkanes) is 3. The van der Waals surface area contributed by atoms with E-state index in [1.807, 2.05) is 0 Å². The molecule has 0 spiro atoms. The number of hydrogen-bond donors (Lipinski definition) is 0. The molecule has 0 bridgehead atoms. The second kappa shape index (κ2) is 6.51. The number of rotatable bonds is 7. The Morgan fingerprint density at radius 3 is 1.83 bits per heavy atom. The van der Waals surface area contributed by atoms with Crippen LogP contribution in [0.4, 0.5) is 0 Å². The maximum atomic E-state index is 2.43. The molecule has 12 heavy (non-hydrogen) atoms. The van der Waals surface area contributed by atoms with E-state index in [1.54, 1.807) is 0 Å². The van der Waals surface area contributed by atoms with Crippen LogP contribution in [0.1, 0.15) is 72.6 Å². The summed E-state index contributed by atoms with van der Waals surface area (Å²) in [5, 5.41) is 0. The molecule has 0 fully saturated rings. The molecule has 0 atom stereocenters.